The van der Waals surface area contributed by atoms with Crippen LogP contribution in [-0.2, 0) is 15.6 Å². The van der Waals surface area contributed by atoms with Crippen molar-refractivity contribution in [2.24, 2.45) is 0 Å². The van der Waals surface area contributed by atoms with Crippen LogP contribution < -0.4 is 10.4 Å². The van der Waals surface area contributed by atoms with E-state index in [-0.39, 0.29) is 7.25 Å². The van der Waals surface area contributed by atoms with Crippen LogP contribution in [0.1, 0.15) is 56.2 Å². The summed E-state index contributed by atoms with van der Waals surface area (Å²) in [6.07, 6.45) is 6.70. The Labute approximate surface area is 235 Å². The second-order valence-electron chi connectivity index (χ2n) is 10.7. The molecule has 0 spiro atoms. The van der Waals surface area contributed by atoms with E-state index in [4.69, 9.17) is 17.0 Å². The standard InChI is InChI=1S/C12H11Si.2C11H11.2ClH.Zr/c1-3-7-11(8-4-1)13-12-9-5-2-6-10-12;2*1-2-9-7-10-5-3-4-6-11(10)8-9;;;/h1-10,13H;2*3-8H,2H2,1H3;2*1H;/q;;;;;+2/p-2. The molecule has 4 aromatic rings. The molecule has 0 saturated heterocycles. The van der Waals surface area contributed by atoms with Gasteiger partial charge in [-0.1, -0.05) is 0 Å². The molecule has 0 heterocycles. The fourth-order valence-corrected chi connectivity index (χ4v) is 57.6. The first-order chi connectivity index (χ1) is 18.5. The van der Waals surface area contributed by atoms with Crippen LogP contribution in [-0.4, -0.2) is 5.92 Å². The van der Waals surface area contributed by atoms with Gasteiger partial charge in [0, 0.05) is 0 Å². The van der Waals surface area contributed by atoms with Gasteiger partial charge in [0.15, 0.2) is 0 Å². The quantitative estimate of drug-likeness (QED) is 0.179. The Bertz CT molecular complexity index is 1430. The van der Waals surface area contributed by atoms with E-state index in [2.05, 4.69) is 135 Å². The average Bonchev–Trinajstić information content (AvgIpc) is 3.54. The first-order valence-electron chi connectivity index (χ1n) is 13.7. The van der Waals surface area contributed by atoms with Crippen molar-refractivity contribution in [1.29, 1.82) is 0 Å². The number of halogens is 2. The van der Waals surface area contributed by atoms with E-state index in [1.165, 1.54) is 43.8 Å². The number of hydrogen-bond donors (Lipinski definition) is 0. The maximum atomic E-state index is 8.80. The number of hydrogen-bond acceptors (Lipinski definition) is 0. The Balaban J connectivity index is 1.75. The van der Waals surface area contributed by atoms with Crippen molar-refractivity contribution in [3.8, 4) is 0 Å². The molecule has 0 nitrogen and oxygen atoms in total. The summed E-state index contributed by atoms with van der Waals surface area (Å²) in [7, 11) is 17.6. The molecule has 0 N–H and O–H groups in total. The predicted octanol–water partition coefficient (Wildman–Crippen LogP) is 8.62. The van der Waals surface area contributed by atoms with Gasteiger partial charge in [-0.15, -0.1) is 0 Å². The van der Waals surface area contributed by atoms with E-state index in [9.17, 15) is 0 Å². The molecule has 2 atom stereocenters. The second-order valence-corrected chi connectivity index (χ2v) is 48.9. The summed E-state index contributed by atoms with van der Waals surface area (Å²) in [5, 5.41) is 2.71. The maximum absolute atomic E-state index is 8.80. The van der Waals surface area contributed by atoms with Crippen molar-refractivity contribution in [1.82, 2.24) is 0 Å². The summed E-state index contributed by atoms with van der Waals surface area (Å²) < 4.78 is 0.147. The molecule has 0 aromatic heterocycles. The zero-order chi connectivity index (χ0) is 26.4. The summed E-state index contributed by atoms with van der Waals surface area (Å²) in [5.74, 6) is -2.17. The molecule has 0 amide bonds. The molecular formula is C34H33Cl2SiZr. The predicted molar refractivity (Wildman–Crippen MR) is 166 cm³/mol. The fraction of sp³-hybridized carbons (Fsp3) is 0.176. The molecular weight excluding hydrogens is 599 g/mol. The van der Waals surface area contributed by atoms with Gasteiger partial charge in [-0.25, -0.2) is 0 Å². The first-order valence-corrected chi connectivity index (χ1v) is 28.9. The normalized spacial score (nSPS) is 19.3. The topological polar surface area (TPSA) is 0 Å². The molecule has 2 aliphatic carbocycles. The van der Waals surface area contributed by atoms with E-state index >= 15 is 0 Å². The Morgan fingerprint density at radius 1 is 0.553 bits per heavy atom. The number of rotatable bonds is 7. The van der Waals surface area contributed by atoms with Gasteiger partial charge >= 0.3 is 238 Å². The molecule has 191 valence electrons. The molecule has 0 bridgehead atoms. The summed E-state index contributed by atoms with van der Waals surface area (Å²) in [4.78, 5) is 0. The Hall–Kier alpha value is -1.96. The van der Waals surface area contributed by atoms with Crippen LogP contribution in [0, 0.1) is 0 Å². The average molecular weight is 632 g/mol. The van der Waals surface area contributed by atoms with Gasteiger partial charge in [-0.2, -0.15) is 0 Å². The molecule has 4 heteroatoms. The summed E-state index contributed by atoms with van der Waals surface area (Å²) in [5.41, 5.74) is 8.07. The van der Waals surface area contributed by atoms with Crippen LogP contribution in [0.4, 0.5) is 0 Å². The molecule has 2 aliphatic rings. The fourth-order valence-electron chi connectivity index (χ4n) is 7.31. The summed E-state index contributed by atoms with van der Waals surface area (Å²) >= 11 is -5.08. The van der Waals surface area contributed by atoms with Gasteiger partial charge < -0.3 is 0 Å². The molecule has 38 heavy (non-hydrogen) atoms. The first kappa shape index (κ1) is 26.3. The third kappa shape index (κ3) is 4.03. The van der Waals surface area contributed by atoms with Crippen molar-refractivity contribution in [3.05, 3.63) is 143 Å². The van der Waals surface area contributed by atoms with E-state index in [1.54, 1.807) is 0 Å². The number of fused-ring (bicyclic) bond motifs is 2. The summed E-state index contributed by atoms with van der Waals surface area (Å²) in [6.45, 7) is 4.55. The van der Waals surface area contributed by atoms with Crippen LogP contribution in [0.3, 0.4) is 0 Å². The van der Waals surface area contributed by atoms with Crippen LogP contribution >= 0.6 is 17.0 Å². The van der Waals surface area contributed by atoms with Crippen LogP contribution in [0.2, 0.25) is 0 Å². The van der Waals surface area contributed by atoms with Crippen LogP contribution in [0.5, 0.6) is 0 Å². The van der Waals surface area contributed by atoms with Gasteiger partial charge in [0.2, 0.25) is 0 Å². The van der Waals surface area contributed by atoms with Gasteiger partial charge in [0.05, 0.1) is 0 Å². The van der Waals surface area contributed by atoms with E-state index in [0.29, 0.717) is 0 Å². The molecule has 0 saturated carbocycles. The van der Waals surface area contributed by atoms with Crippen molar-refractivity contribution in [3.63, 3.8) is 0 Å². The third-order valence-electron chi connectivity index (χ3n) is 8.77. The van der Waals surface area contributed by atoms with Gasteiger partial charge in [0.25, 0.3) is 0 Å². The molecule has 0 fully saturated rings. The van der Waals surface area contributed by atoms with Crippen molar-refractivity contribution in [2.45, 2.75) is 33.9 Å². The molecule has 4 aromatic carbocycles. The van der Waals surface area contributed by atoms with Crippen molar-refractivity contribution in [2.75, 3.05) is 0 Å². The Morgan fingerprint density at radius 2 is 0.921 bits per heavy atom. The molecule has 0 radical (unpaired) electrons. The SMILES string of the molecule is CCC1=Cc2ccccc2[CH]1[Zr]([Cl])([Cl])([CH]1C(CC)=Cc2ccccc21)[SiH](c1ccccc1)c1ccccc1. The Morgan fingerprint density at radius 3 is 1.32 bits per heavy atom. The number of benzene rings is 4. The van der Waals surface area contributed by atoms with Crippen LogP contribution in [0.25, 0.3) is 12.2 Å². The third-order valence-corrected chi connectivity index (χ3v) is 50.7. The van der Waals surface area contributed by atoms with Crippen molar-refractivity contribution >= 4 is 45.5 Å². The van der Waals surface area contributed by atoms with E-state index < -0.39 is 21.5 Å². The van der Waals surface area contributed by atoms with Crippen LogP contribution in [0.15, 0.2) is 120 Å². The van der Waals surface area contributed by atoms with Gasteiger partial charge in [-0.3, -0.25) is 0 Å². The van der Waals surface area contributed by atoms with E-state index in [0.717, 1.165) is 12.8 Å². The zero-order valence-electron chi connectivity index (χ0n) is 21.9. The minimum absolute atomic E-state index is 0.0733. The molecule has 2 unspecified atom stereocenters. The Kier molecular flexibility index (Phi) is 7.06. The molecule has 0 aliphatic heterocycles. The second kappa shape index (κ2) is 10.2. The zero-order valence-corrected chi connectivity index (χ0v) is 27.1. The monoisotopic (exact) mass is 629 g/mol. The minimum atomic E-state index is -5.08. The molecule has 6 rings (SSSR count). The number of allylic oxidation sites excluding steroid dienone is 2. The van der Waals surface area contributed by atoms with Gasteiger partial charge in [0.1, 0.15) is 0 Å². The summed E-state index contributed by atoms with van der Waals surface area (Å²) in [6, 6.07) is 39.8. The van der Waals surface area contributed by atoms with Gasteiger partial charge in [-0.05, 0) is 0 Å². The van der Waals surface area contributed by atoms with Crippen molar-refractivity contribution < 1.29 is 15.6 Å². The van der Waals surface area contributed by atoms with E-state index in [1.807, 2.05) is 0 Å².